The molecule has 2 nitrogen and oxygen atoms in total. The lowest BCUT2D eigenvalue weighted by atomic mass is 9.69. The van der Waals surface area contributed by atoms with Gasteiger partial charge in [0.25, 0.3) is 0 Å². The first-order chi connectivity index (χ1) is 7.28. The number of nitrogens with zero attached hydrogens (tertiary/aromatic N) is 1. The van der Waals surface area contributed by atoms with Crippen molar-refractivity contribution in [3.8, 4) is 6.07 Å². The molecule has 0 amide bonds. The van der Waals surface area contributed by atoms with Gasteiger partial charge in [0.15, 0.2) is 0 Å². The molecule has 1 atom stereocenters. The summed E-state index contributed by atoms with van der Waals surface area (Å²) in [5.41, 5.74) is -0.348. The van der Waals surface area contributed by atoms with Crippen molar-refractivity contribution in [1.29, 1.82) is 5.26 Å². The third-order valence-corrected chi connectivity index (χ3v) is 3.04. The fourth-order valence-corrected chi connectivity index (χ4v) is 2.55. The zero-order chi connectivity index (χ0) is 12.8. The number of hydrogen-bond donors (Lipinski definition) is 0. The Kier molecular flexibility index (Phi) is 5.72. The topological polar surface area (TPSA) is 40.9 Å². The van der Waals surface area contributed by atoms with Crippen LogP contribution in [0.5, 0.6) is 0 Å². The molecule has 2 heteroatoms. The molecule has 0 aliphatic rings. The van der Waals surface area contributed by atoms with Gasteiger partial charge in [-0.3, -0.25) is 4.79 Å². The van der Waals surface area contributed by atoms with Crippen molar-refractivity contribution in [1.82, 2.24) is 0 Å². The molecule has 0 aromatic rings. The van der Waals surface area contributed by atoms with Gasteiger partial charge in [0.1, 0.15) is 5.78 Å². The van der Waals surface area contributed by atoms with E-state index < -0.39 is 0 Å². The summed E-state index contributed by atoms with van der Waals surface area (Å²) in [6.45, 7) is 10.1. The highest BCUT2D eigenvalue weighted by atomic mass is 16.1. The maximum Gasteiger partial charge on any atom is 0.133 e. The van der Waals surface area contributed by atoms with Gasteiger partial charge in [-0.05, 0) is 32.1 Å². The van der Waals surface area contributed by atoms with E-state index in [-0.39, 0.29) is 10.8 Å². The first-order valence-corrected chi connectivity index (χ1v) is 6.21. The van der Waals surface area contributed by atoms with Gasteiger partial charge in [0.2, 0.25) is 0 Å². The molecule has 0 aliphatic heterocycles. The van der Waals surface area contributed by atoms with Crippen molar-refractivity contribution in [2.45, 2.75) is 66.7 Å². The number of Topliss-reactive ketones (excluding diaryl/α,β-unsaturated/α-hetero) is 1. The molecule has 0 heterocycles. The van der Waals surface area contributed by atoms with Gasteiger partial charge in [-0.1, -0.05) is 27.2 Å². The average Bonchev–Trinajstić information content (AvgIpc) is 2.16. The third kappa shape index (κ3) is 5.30. The summed E-state index contributed by atoms with van der Waals surface area (Å²) in [5.74, 6) is 0.310. The fraction of sp³-hybridized carbons (Fsp3) is 0.857. The first kappa shape index (κ1) is 15.2. The maximum atomic E-state index is 11.6. The molecule has 1 unspecified atom stereocenters. The van der Waals surface area contributed by atoms with Crippen LogP contribution < -0.4 is 0 Å². The number of carbonyl (C=O) groups is 1. The van der Waals surface area contributed by atoms with E-state index >= 15 is 0 Å². The van der Waals surface area contributed by atoms with Crippen molar-refractivity contribution in [2.24, 2.45) is 10.8 Å². The van der Waals surface area contributed by atoms with E-state index in [9.17, 15) is 4.79 Å². The summed E-state index contributed by atoms with van der Waals surface area (Å²) < 4.78 is 0. The lowest BCUT2D eigenvalue weighted by molar-refractivity contribution is -0.121. The average molecular weight is 223 g/mol. The highest BCUT2D eigenvalue weighted by Crippen LogP contribution is 2.40. The summed E-state index contributed by atoms with van der Waals surface area (Å²) in [7, 11) is 0. The number of carbonyl (C=O) groups excluding carboxylic acids is 1. The lowest BCUT2D eigenvalue weighted by Crippen LogP contribution is -2.27. The molecule has 0 bridgehead atoms. The maximum absolute atomic E-state index is 11.6. The van der Waals surface area contributed by atoms with Crippen LogP contribution in [-0.2, 0) is 4.79 Å². The number of nitriles is 1. The third-order valence-electron chi connectivity index (χ3n) is 3.04. The molecule has 0 N–H and O–H groups in total. The highest BCUT2D eigenvalue weighted by molar-refractivity contribution is 5.78. The minimum absolute atomic E-state index is 0.0128. The van der Waals surface area contributed by atoms with E-state index in [0.29, 0.717) is 18.6 Å². The molecular weight excluding hydrogens is 198 g/mol. The van der Waals surface area contributed by atoms with E-state index in [1.165, 1.54) is 0 Å². The second-order valence-corrected chi connectivity index (χ2v) is 5.80. The first-order valence-electron chi connectivity index (χ1n) is 6.21. The van der Waals surface area contributed by atoms with Gasteiger partial charge >= 0.3 is 0 Å². The van der Waals surface area contributed by atoms with Gasteiger partial charge in [-0.25, -0.2) is 0 Å². The number of hydrogen-bond acceptors (Lipinski definition) is 2. The van der Waals surface area contributed by atoms with Crippen LogP contribution in [0, 0.1) is 22.2 Å². The molecule has 0 aromatic heterocycles. The van der Waals surface area contributed by atoms with Crippen molar-refractivity contribution >= 4 is 5.78 Å². The lowest BCUT2D eigenvalue weighted by Gasteiger charge is -2.33. The molecule has 0 saturated carbocycles. The van der Waals surface area contributed by atoms with Gasteiger partial charge in [0.05, 0.1) is 11.5 Å². The van der Waals surface area contributed by atoms with Crippen LogP contribution >= 0.6 is 0 Å². The fourth-order valence-electron chi connectivity index (χ4n) is 2.55. The molecule has 0 spiro atoms. The van der Waals surface area contributed by atoms with E-state index in [4.69, 9.17) is 5.26 Å². The monoisotopic (exact) mass is 223 g/mol. The minimum Gasteiger partial charge on any atom is -0.300 e. The Bertz CT molecular complexity index is 275. The van der Waals surface area contributed by atoms with Crippen LogP contribution in [0.3, 0.4) is 0 Å². The molecule has 16 heavy (non-hydrogen) atoms. The van der Waals surface area contributed by atoms with Crippen LogP contribution in [0.1, 0.15) is 66.7 Å². The van der Waals surface area contributed by atoms with Crippen molar-refractivity contribution in [3.05, 3.63) is 0 Å². The van der Waals surface area contributed by atoms with Crippen molar-refractivity contribution in [3.63, 3.8) is 0 Å². The minimum atomic E-state index is -0.335. The molecular formula is C14H25NO. The van der Waals surface area contributed by atoms with E-state index in [1.54, 1.807) is 0 Å². The van der Waals surface area contributed by atoms with Gasteiger partial charge in [-0.2, -0.15) is 5.26 Å². The SMILES string of the molecule is CCCC(C)(CC(=O)CC)CC(C)(C)C#N. The summed E-state index contributed by atoms with van der Waals surface area (Å²) >= 11 is 0. The summed E-state index contributed by atoms with van der Waals surface area (Å²) in [4.78, 5) is 11.6. The van der Waals surface area contributed by atoms with Crippen LogP contribution in [0.25, 0.3) is 0 Å². The van der Waals surface area contributed by atoms with E-state index in [0.717, 1.165) is 19.3 Å². The number of ketones is 1. The molecule has 0 aromatic carbocycles. The second-order valence-electron chi connectivity index (χ2n) is 5.80. The molecule has 0 aliphatic carbocycles. The predicted molar refractivity (Wildman–Crippen MR) is 66.9 cm³/mol. The summed E-state index contributed by atoms with van der Waals surface area (Å²) in [6, 6.07) is 2.34. The molecule has 0 fully saturated rings. The highest BCUT2D eigenvalue weighted by Gasteiger charge is 2.33. The predicted octanol–water partition coefficient (Wildman–Crippen LogP) is 4.10. The standard InChI is InChI=1S/C14H25NO/c1-6-8-14(5,9-12(16)7-2)10-13(3,4)11-15/h6-10H2,1-5H3. The van der Waals surface area contributed by atoms with E-state index in [2.05, 4.69) is 19.9 Å². The Morgan fingerprint density at radius 1 is 1.25 bits per heavy atom. The molecule has 0 radical (unpaired) electrons. The Balaban J connectivity index is 4.70. The van der Waals surface area contributed by atoms with Gasteiger partial charge in [-0.15, -0.1) is 0 Å². The summed E-state index contributed by atoms with van der Waals surface area (Å²) in [5, 5.41) is 9.08. The van der Waals surface area contributed by atoms with Crippen molar-refractivity contribution < 1.29 is 4.79 Å². The van der Waals surface area contributed by atoms with Crippen molar-refractivity contribution in [2.75, 3.05) is 0 Å². The zero-order valence-electron chi connectivity index (χ0n) is 11.4. The van der Waals surface area contributed by atoms with E-state index in [1.807, 2.05) is 20.8 Å². The summed E-state index contributed by atoms with van der Waals surface area (Å²) in [6.07, 6.45) is 4.10. The van der Waals surface area contributed by atoms with Crippen LogP contribution in [0.15, 0.2) is 0 Å². The Hall–Kier alpha value is -0.840. The van der Waals surface area contributed by atoms with Crippen LogP contribution in [-0.4, -0.2) is 5.78 Å². The Morgan fingerprint density at radius 3 is 2.19 bits per heavy atom. The largest absolute Gasteiger partial charge is 0.300 e. The molecule has 0 saturated heterocycles. The van der Waals surface area contributed by atoms with Crippen LogP contribution in [0.2, 0.25) is 0 Å². The Labute approximate surface area is 100 Å². The smallest absolute Gasteiger partial charge is 0.133 e. The second kappa shape index (κ2) is 6.03. The normalized spacial score (nSPS) is 15.2. The number of rotatable bonds is 7. The molecule has 92 valence electrons. The zero-order valence-corrected chi connectivity index (χ0v) is 11.4. The van der Waals surface area contributed by atoms with Gasteiger partial charge in [0, 0.05) is 12.8 Å². The quantitative estimate of drug-likeness (QED) is 0.652. The van der Waals surface area contributed by atoms with Gasteiger partial charge < -0.3 is 0 Å². The van der Waals surface area contributed by atoms with Crippen LogP contribution in [0.4, 0.5) is 0 Å². The Morgan fingerprint density at radius 2 is 1.81 bits per heavy atom. The molecule has 0 rings (SSSR count).